The Kier molecular flexibility index (Phi) is 44.2. The quantitative estimate of drug-likeness (QED) is 0.0323. The third-order valence-corrected chi connectivity index (χ3v) is 11.2. The molecule has 3 N–H and O–H groups in total. The van der Waals surface area contributed by atoms with Crippen LogP contribution in [0.3, 0.4) is 0 Å². The van der Waals surface area contributed by atoms with Crippen LogP contribution in [0.2, 0.25) is 0 Å². The van der Waals surface area contributed by atoms with E-state index in [9.17, 15) is 19.8 Å². The van der Waals surface area contributed by atoms with Crippen LogP contribution in [0.5, 0.6) is 0 Å². The van der Waals surface area contributed by atoms with E-state index in [1.807, 2.05) is 0 Å². The number of carbonyl (C=O) groups excluding carboxylic acids is 2. The summed E-state index contributed by atoms with van der Waals surface area (Å²) in [7, 11) is 0. The van der Waals surface area contributed by atoms with Crippen molar-refractivity contribution in [2.24, 2.45) is 0 Å². The number of nitrogens with one attached hydrogen (secondary N) is 1. The molecule has 0 radical (unpaired) electrons. The second-order valence-electron chi connectivity index (χ2n) is 16.9. The van der Waals surface area contributed by atoms with Crippen molar-refractivity contribution in [1.82, 2.24) is 5.32 Å². The third kappa shape index (κ3) is 40.6. The van der Waals surface area contributed by atoms with Gasteiger partial charge in [0.05, 0.1) is 25.2 Å². The van der Waals surface area contributed by atoms with Crippen molar-refractivity contribution in [2.45, 2.75) is 264 Å². The molecule has 6 nitrogen and oxygen atoms in total. The highest BCUT2D eigenvalue weighted by atomic mass is 16.5. The Bertz CT molecular complexity index is 1000. The maximum absolute atomic E-state index is 13.2. The second-order valence-corrected chi connectivity index (χ2v) is 16.9. The zero-order chi connectivity index (χ0) is 42.4. The molecule has 0 aromatic carbocycles. The molecule has 3 atom stereocenters. The lowest BCUT2D eigenvalue weighted by atomic mass is 10.0. The van der Waals surface area contributed by atoms with Gasteiger partial charge in [-0.05, 0) is 77.0 Å². The van der Waals surface area contributed by atoms with E-state index in [1.165, 1.54) is 109 Å². The number of hydrogen-bond donors (Lipinski definition) is 3. The average Bonchev–Trinajstić information content (AvgIpc) is 3.22. The van der Waals surface area contributed by atoms with Crippen LogP contribution in [0.1, 0.15) is 245 Å². The zero-order valence-corrected chi connectivity index (χ0v) is 38.4. The van der Waals surface area contributed by atoms with Crippen LogP contribution in [0, 0.1) is 0 Å². The summed E-state index contributed by atoms with van der Waals surface area (Å²) in [5, 5.41) is 23.7. The van der Waals surface area contributed by atoms with Crippen LogP contribution in [-0.4, -0.2) is 46.9 Å². The Morgan fingerprint density at radius 3 is 1.31 bits per heavy atom. The molecule has 0 aromatic heterocycles. The normalized spacial score (nSPS) is 13.7. The van der Waals surface area contributed by atoms with E-state index in [1.54, 1.807) is 0 Å². The number of amides is 1. The Morgan fingerprint density at radius 1 is 0.500 bits per heavy atom. The van der Waals surface area contributed by atoms with Crippen molar-refractivity contribution in [3.05, 3.63) is 48.6 Å². The van der Waals surface area contributed by atoms with E-state index in [0.717, 1.165) is 89.9 Å². The molecule has 0 saturated heterocycles. The molecule has 0 heterocycles. The van der Waals surface area contributed by atoms with Gasteiger partial charge in [0.15, 0.2) is 0 Å². The maximum atomic E-state index is 13.2. The minimum Gasteiger partial charge on any atom is -0.462 e. The lowest BCUT2D eigenvalue weighted by Crippen LogP contribution is -2.46. The van der Waals surface area contributed by atoms with Gasteiger partial charge in [-0.15, -0.1) is 0 Å². The molecule has 58 heavy (non-hydrogen) atoms. The number of unbranched alkanes of at least 4 members (excludes halogenated alkanes) is 26. The van der Waals surface area contributed by atoms with Crippen molar-refractivity contribution >= 4 is 11.9 Å². The van der Waals surface area contributed by atoms with E-state index >= 15 is 0 Å². The summed E-state index contributed by atoms with van der Waals surface area (Å²) in [6, 6.07) is -0.712. The van der Waals surface area contributed by atoms with Crippen LogP contribution in [-0.2, 0) is 14.3 Å². The summed E-state index contributed by atoms with van der Waals surface area (Å²) in [4.78, 5) is 26.1. The lowest BCUT2D eigenvalue weighted by molar-refractivity contribution is -0.151. The first kappa shape index (κ1) is 55.8. The number of aliphatic hydroxyl groups excluding tert-OH is 2. The SMILES string of the molecule is CCCCC/C=C/C=C/CCCCCCC(CC(=O)NC(CO)C(O)CCCCCCCCCCCC)OC(=O)CCCCC/C=C/C=C/CCCCCCCCC. The molecule has 1 amide bonds. The minimum atomic E-state index is -0.796. The van der Waals surface area contributed by atoms with Gasteiger partial charge in [-0.2, -0.15) is 0 Å². The van der Waals surface area contributed by atoms with Crippen molar-refractivity contribution in [3.8, 4) is 0 Å². The molecule has 0 aliphatic rings. The fraction of sp³-hybridized carbons (Fsp3) is 0.808. The van der Waals surface area contributed by atoms with Gasteiger partial charge in [-0.1, -0.05) is 204 Å². The summed E-state index contributed by atoms with van der Waals surface area (Å²) < 4.78 is 5.90. The van der Waals surface area contributed by atoms with Crippen LogP contribution in [0.15, 0.2) is 48.6 Å². The van der Waals surface area contributed by atoms with E-state index in [4.69, 9.17) is 4.74 Å². The van der Waals surface area contributed by atoms with Gasteiger partial charge in [0.25, 0.3) is 0 Å². The number of allylic oxidation sites excluding steroid dienone is 8. The minimum absolute atomic E-state index is 0.0534. The second kappa shape index (κ2) is 45.9. The number of carbonyl (C=O) groups is 2. The third-order valence-electron chi connectivity index (χ3n) is 11.2. The van der Waals surface area contributed by atoms with E-state index in [0.29, 0.717) is 19.3 Å². The lowest BCUT2D eigenvalue weighted by Gasteiger charge is -2.24. The van der Waals surface area contributed by atoms with Crippen LogP contribution >= 0.6 is 0 Å². The largest absolute Gasteiger partial charge is 0.462 e. The summed E-state index contributed by atoms with van der Waals surface area (Å²) in [6.07, 6.45) is 54.5. The Labute approximate surface area is 359 Å². The smallest absolute Gasteiger partial charge is 0.306 e. The number of hydrogen-bond acceptors (Lipinski definition) is 5. The van der Waals surface area contributed by atoms with Gasteiger partial charge in [0.2, 0.25) is 5.91 Å². The molecular formula is C52H95NO5. The molecule has 0 spiro atoms. The summed E-state index contributed by atoms with van der Waals surface area (Å²) in [5.74, 6) is -0.524. The van der Waals surface area contributed by atoms with Gasteiger partial charge in [0.1, 0.15) is 6.10 Å². The van der Waals surface area contributed by atoms with Crippen LogP contribution < -0.4 is 5.32 Å². The monoisotopic (exact) mass is 814 g/mol. The molecular weight excluding hydrogens is 719 g/mol. The van der Waals surface area contributed by atoms with Gasteiger partial charge in [-0.25, -0.2) is 0 Å². The first-order chi connectivity index (χ1) is 28.5. The fourth-order valence-corrected chi connectivity index (χ4v) is 7.35. The zero-order valence-electron chi connectivity index (χ0n) is 38.4. The molecule has 0 aliphatic carbocycles. The molecule has 3 unspecified atom stereocenters. The summed E-state index contributed by atoms with van der Waals surface area (Å²) in [5.41, 5.74) is 0. The molecule has 6 heteroatoms. The van der Waals surface area contributed by atoms with E-state index in [2.05, 4.69) is 74.7 Å². The van der Waals surface area contributed by atoms with Gasteiger partial charge < -0.3 is 20.3 Å². The maximum Gasteiger partial charge on any atom is 0.306 e. The molecule has 0 aliphatic heterocycles. The first-order valence-electron chi connectivity index (χ1n) is 24.9. The van der Waals surface area contributed by atoms with Crippen LogP contribution in [0.25, 0.3) is 0 Å². The molecule has 0 aromatic rings. The van der Waals surface area contributed by atoms with E-state index < -0.39 is 18.2 Å². The van der Waals surface area contributed by atoms with Crippen molar-refractivity contribution in [3.63, 3.8) is 0 Å². The molecule has 0 saturated carbocycles. The number of ether oxygens (including phenoxy) is 1. The molecule has 338 valence electrons. The summed E-state index contributed by atoms with van der Waals surface area (Å²) >= 11 is 0. The predicted octanol–water partition coefficient (Wildman–Crippen LogP) is 14.7. The average molecular weight is 814 g/mol. The van der Waals surface area contributed by atoms with Gasteiger partial charge in [0, 0.05) is 6.42 Å². The first-order valence-corrected chi connectivity index (χ1v) is 24.9. The van der Waals surface area contributed by atoms with Crippen LogP contribution in [0.4, 0.5) is 0 Å². The molecule has 0 rings (SSSR count). The van der Waals surface area contributed by atoms with Crippen molar-refractivity contribution in [2.75, 3.05) is 6.61 Å². The van der Waals surface area contributed by atoms with E-state index in [-0.39, 0.29) is 24.9 Å². The highest BCUT2D eigenvalue weighted by Gasteiger charge is 2.24. The number of rotatable bonds is 44. The standard InChI is InChI=1S/C52H95NO5/c1-4-7-10-13-16-19-22-24-25-26-28-30-33-36-39-42-45-52(57)58-48(43-40-37-34-31-29-27-23-20-17-14-11-8-5-2)46-51(56)53-49(47-54)50(55)44-41-38-35-32-21-18-15-12-9-6-3/h17,20,23,25-28,30,48-50,54-55H,4-16,18-19,21-22,24,29,31-47H2,1-3H3,(H,53,56)/b20-17+,26-25+,27-23+,30-28+. The molecule has 0 bridgehead atoms. The Hall–Kier alpha value is -2.18. The fourth-order valence-electron chi connectivity index (χ4n) is 7.35. The Balaban J connectivity index is 4.65. The number of aliphatic hydroxyl groups is 2. The predicted molar refractivity (Wildman–Crippen MR) is 250 cm³/mol. The molecule has 0 fully saturated rings. The topological polar surface area (TPSA) is 95.9 Å². The van der Waals surface area contributed by atoms with Gasteiger partial charge >= 0.3 is 5.97 Å². The summed E-state index contributed by atoms with van der Waals surface area (Å²) in [6.45, 7) is 6.42. The Morgan fingerprint density at radius 2 is 0.862 bits per heavy atom. The van der Waals surface area contributed by atoms with Crippen molar-refractivity contribution in [1.29, 1.82) is 0 Å². The number of esters is 1. The highest BCUT2D eigenvalue weighted by molar-refractivity contribution is 5.77. The van der Waals surface area contributed by atoms with Crippen molar-refractivity contribution < 1.29 is 24.5 Å². The highest BCUT2D eigenvalue weighted by Crippen LogP contribution is 2.17. The van der Waals surface area contributed by atoms with Gasteiger partial charge in [-0.3, -0.25) is 9.59 Å².